The summed E-state index contributed by atoms with van der Waals surface area (Å²) in [6.07, 6.45) is -1.76. The number of ether oxygens (including phenoxy) is 1. The first-order valence-corrected chi connectivity index (χ1v) is 11.5. The number of halogens is 4. The number of aliphatic hydroxyl groups excluding tert-OH is 3. The molecule has 1 aliphatic heterocycles. The van der Waals surface area contributed by atoms with E-state index >= 15 is 0 Å². The Morgan fingerprint density at radius 1 is 1.15 bits per heavy atom. The van der Waals surface area contributed by atoms with Crippen LogP contribution in [0.3, 0.4) is 0 Å². The van der Waals surface area contributed by atoms with E-state index < -0.39 is 53.8 Å². The van der Waals surface area contributed by atoms with Gasteiger partial charge in [0.25, 0.3) is 0 Å². The average molecular weight is 505 g/mol. The Kier molecular flexibility index (Phi) is 8.91. The predicted molar refractivity (Wildman–Crippen MR) is 121 cm³/mol. The minimum absolute atomic E-state index is 0.126. The molecule has 5 unspecified atom stereocenters. The summed E-state index contributed by atoms with van der Waals surface area (Å²) in [6, 6.07) is 7.80. The van der Waals surface area contributed by atoms with Crippen molar-refractivity contribution in [2.24, 2.45) is 5.73 Å². The number of thioether (sulfide) groups is 1. The predicted octanol–water partition coefficient (Wildman–Crippen LogP) is 2.39. The third-order valence-corrected chi connectivity index (χ3v) is 6.77. The minimum atomic E-state index is -1.61. The van der Waals surface area contributed by atoms with Crippen molar-refractivity contribution in [3.05, 3.63) is 76.2 Å². The Balaban J connectivity index is 1.69. The Labute approximate surface area is 198 Å². The first-order chi connectivity index (χ1) is 15.7. The molecule has 3 rings (SSSR count). The van der Waals surface area contributed by atoms with Crippen LogP contribution in [0, 0.1) is 17.5 Å². The Morgan fingerprint density at radius 2 is 1.82 bits per heavy atom. The van der Waals surface area contributed by atoms with Gasteiger partial charge in [-0.25, -0.2) is 13.2 Å². The van der Waals surface area contributed by atoms with Crippen LogP contribution < -0.4 is 11.1 Å². The fraction of sp³-hybridized carbons (Fsp3) is 0.364. The second-order valence-corrected chi connectivity index (χ2v) is 9.08. The van der Waals surface area contributed by atoms with E-state index in [1.165, 1.54) is 11.8 Å². The van der Waals surface area contributed by atoms with Gasteiger partial charge in [0.1, 0.15) is 23.7 Å². The van der Waals surface area contributed by atoms with Crippen molar-refractivity contribution < 1.29 is 33.2 Å². The maximum Gasteiger partial charge on any atom is 0.194 e. The molecule has 2 aromatic rings. The monoisotopic (exact) mass is 504 g/mol. The third-order valence-electron chi connectivity index (χ3n) is 5.24. The summed E-state index contributed by atoms with van der Waals surface area (Å²) >= 11 is 7.44. The Morgan fingerprint density at radius 3 is 2.45 bits per heavy atom. The molecule has 1 aliphatic rings. The van der Waals surface area contributed by atoms with Crippen LogP contribution in [-0.4, -0.2) is 57.5 Å². The van der Waals surface area contributed by atoms with Gasteiger partial charge in [-0.3, -0.25) is 0 Å². The molecule has 1 heterocycles. The highest BCUT2D eigenvalue weighted by atomic mass is 35.5. The number of nitrogens with one attached hydrogen (secondary N) is 1. The lowest BCUT2D eigenvalue weighted by atomic mass is 9.97. The van der Waals surface area contributed by atoms with Crippen molar-refractivity contribution in [2.45, 2.75) is 36.2 Å². The van der Waals surface area contributed by atoms with E-state index in [-0.39, 0.29) is 11.3 Å². The molecule has 6 nitrogen and oxygen atoms in total. The first kappa shape index (κ1) is 25.7. The summed E-state index contributed by atoms with van der Waals surface area (Å²) in [7, 11) is 0. The molecule has 180 valence electrons. The quantitative estimate of drug-likeness (QED) is 0.351. The molecule has 0 bridgehead atoms. The van der Waals surface area contributed by atoms with Crippen LogP contribution in [0.5, 0.6) is 0 Å². The molecule has 1 fully saturated rings. The van der Waals surface area contributed by atoms with Crippen molar-refractivity contribution in [2.75, 3.05) is 12.4 Å². The summed E-state index contributed by atoms with van der Waals surface area (Å²) < 4.78 is 45.8. The molecule has 1 saturated heterocycles. The lowest BCUT2D eigenvalue weighted by Crippen LogP contribution is -2.62. The van der Waals surface area contributed by atoms with Gasteiger partial charge in [-0.05, 0) is 35.9 Å². The number of benzene rings is 2. The lowest BCUT2D eigenvalue weighted by molar-refractivity contribution is -0.164. The summed E-state index contributed by atoms with van der Waals surface area (Å²) in [5.41, 5.74) is 5.70. The molecule has 5 atom stereocenters. The molecule has 0 spiro atoms. The van der Waals surface area contributed by atoms with Gasteiger partial charge >= 0.3 is 0 Å². The molecule has 0 aliphatic carbocycles. The fourth-order valence-electron chi connectivity index (χ4n) is 3.40. The summed E-state index contributed by atoms with van der Waals surface area (Å²) in [5, 5.41) is 34.2. The largest absolute Gasteiger partial charge is 0.397 e. The van der Waals surface area contributed by atoms with E-state index in [4.69, 9.17) is 22.1 Å². The van der Waals surface area contributed by atoms with Crippen LogP contribution in [0.15, 0.2) is 42.6 Å². The van der Waals surface area contributed by atoms with Crippen molar-refractivity contribution >= 4 is 29.1 Å². The zero-order chi connectivity index (χ0) is 24.1. The molecule has 0 aromatic heterocycles. The van der Waals surface area contributed by atoms with Gasteiger partial charge in [-0.15, -0.1) is 11.8 Å². The third kappa shape index (κ3) is 6.14. The Bertz CT molecular complexity index is 977. The van der Waals surface area contributed by atoms with E-state index in [1.807, 2.05) is 18.2 Å². The number of nitrogens with two attached hydrogens (primary N) is 1. The molecule has 11 heteroatoms. The van der Waals surface area contributed by atoms with Gasteiger partial charge in [-0.1, -0.05) is 29.8 Å². The smallest absolute Gasteiger partial charge is 0.194 e. The van der Waals surface area contributed by atoms with Crippen LogP contribution in [0.1, 0.15) is 11.1 Å². The summed E-state index contributed by atoms with van der Waals surface area (Å²) in [4.78, 5) is 0. The minimum Gasteiger partial charge on any atom is -0.397 e. The molecule has 2 aromatic carbocycles. The first-order valence-electron chi connectivity index (χ1n) is 10.1. The molecule has 0 saturated carbocycles. The van der Waals surface area contributed by atoms with Gasteiger partial charge in [0.15, 0.2) is 17.5 Å². The molecule has 33 heavy (non-hydrogen) atoms. The van der Waals surface area contributed by atoms with Crippen LogP contribution in [-0.2, 0) is 11.2 Å². The fourth-order valence-corrected chi connectivity index (χ4v) is 4.79. The second kappa shape index (κ2) is 11.5. The summed E-state index contributed by atoms with van der Waals surface area (Å²) in [5.74, 6) is -3.87. The van der Waals surface area contributed by atoms with Gasteiger partial charge in [-0.2, -0.15) is 0 Å². The normalized spacial score (nSPS) is 25.8. The van der Waals surface area contributed by atoms with Crippen molar-refractivity contribution in [3.8, 4) is 0 Å². The van der Waals surface area contributed by atoms with Gasteiger partial charge in [0, 0.05) is 16.8 Å². The SMILES string of the molecule is N/C(=C\NC1C(O)C(CO)OC(SCCc2ccccc2Cl)C1O)c1cc(F)c(F)c(F)c1. The van der Waals surface area contributed by atoms with Crippen LogP contribution in [0.2, 0.25) is 5.02 Å². The number of rotatable bonds is 8. The van der Waals surface area contributed by atoms with Crippen molar-refractivity contribution in [1.82, 2.24) is 5.32 Å². The van der Waals surface area contributed by atoms with E-state index in [1.54, 1.807) is 6.07 Å². The van der Waals surface area contributed by atoms with Crippen LogP contribution in [0.4, 0.5) is 13.2 Å². The van der Waals surface area contributed by atoms with E-state index in [9.17, 15) is 28.5 Å². The van der Waals surface area contributed by atoms with E-state index in [2.05, 4.69) is 5.32 Å². The molecular formula is C22H24ClF3N2O4S. The highest BCUT2D eigenvalue weighted by Crippen LogP contribution is 2.30. The average Bonchev–Trinajstić information content (AvgIpc) is 2.79. The number of hydrogen-bond donors (Lipinski definition) is 5. The van der Waals surface area contributed by atoms with E-state index in [0.29, 0.717) is 17.2 Å². The highest BCUT2D eigenvalue weighted by molar-refractivity contribution is 7.99. The van der Waals surface area contributed by atoms with Gasteiger partial charge < -0.3 is 31.1 Å². The Hall–Kier alpha value is -1.95. The van der Waals surface area contributed by atoms with Crippen LogP contribution in [0.25, 0.3) is 5.70 Å². The second-order valence-electron chi connectivity index (χ2n) is 7.46. The van der Waals surface area contributed by atoms with Crippen LogP contribution >= 0.6 is 23.4 Å². The lowest BCUT2D eigenvalue weighted by Gasteiger charge is -2.42. The zero-order valence-electron chi connectivity index (χ0n) is 17.3. The zero-order valence-corrected chi connectivity index (χ0v) is 18.9. The number of aryl methyl sites for hydroxylation is 1. The molecule has 0 amide bonds. The number of hydrogen-bond acceptors (Lipinski definition) is 7. The standard InChI is InChI=1S/C22H24ClF3N2O4S/c23-13-4-2-1-3-11(13)5-6-33-22-21(31)19(20(30)17(10-29)32-22)28-9-16(27)12-7-14(24)18(26)15(25)8-12/h1-4,7-9,17,19-22,28-31H,5-6,10,27H2/b16-9-. The topological polar surface area (TPSA) is 108 Å². The summed E-state index contributed by atoms with van der Waals surface area (Å²) in [6.45, 7) is -0.499. The number of aliphatic hydroxyl groups is 3. The molecule has 6 N–H and O–H groups in total. The molecule has 0 radical (unpaired) electrons. The maximum atomic E-state index is 13.5. The maximum absolute atomic E-state index is 13.5. The van der Waals surface area contributed by atoms with Gasteiger partial charge in [0.05, 0.1) is 18.3 Å². The van der Waals surface area contributed by atoms with Crippen molar-refractivity contribution in [1.29, 1.82) is 0 Å². The van der Waals surface area contributed by atoms with E-state index in [0.717, 1.165) is 23.9 Å². The van der Waals surface area contributed by atoms with Gasteiger partial charge in [0.2, 0.25) is 0 Å². The van der Waals surface area contributed by atoms with Crippen molar-refractivity contribution in [3.63, 3.8) is 0 Å². The molecular weight excluding hydrogens is 481 g/mol. The highest BCUT2D eigenvalue weighted by Gasteiger charge is 2.44.